The van der Waals surface area contributed by atoms with Crippen LogP contribution in [-0.4, -0.2) is 27.0 Å². The number of tetrazole rings is 1. The first-order valence-corrected chi connectivity index (χ1v) is 2.05. The van der Waals surface area contributed by atoms with E-state index >= 15 is 0 Å². The van der Waals surface area contributed by atoms with Crippen LogP contribution in [0.2, 0.25) is 0 Å². The lowest BCUT2D eigenvalue weighted by atomic mass is 11.1. The Morgan fingerprint density at radius 2 is 2.56 bits per heavy atom. The Morgan fingerprint density at radius 3 is 3.11 bits per heavy atom. The molecule has 0 unspecified atom stereocenters. The van der Waals surface area contributed by atoms with E-state index < -0.39 is 0 Å². The van der Waals surface area contributed by atoms with Crippen molar-refractivity contribution in [2.24, 2.45) is 0 Å². The molecule has 7 nitrogen and oxygen atoms in total. The molecule has 1 heterocycles. The number of hydrogen-bond acceptors (Lipinski definition) is 5. The first-order chi connectivity index (χ1) is 4.43. The van der Waals surface area contributed by atoms with Crippen molar-refractivity contribution in [3.8, 4) is 0 Å². The zero-order valence-corrected chi connectivity index (χ0v) is 4.25. The van der Waals surface area contributed by atoms with Crippen LogP contribution in [0.5, 0.6) is 0 Å². The van der Waals surface area contributed by atoms with Crippen molar-refractivity contribution >= 4 is 12.4 Å². The summed E-state index contributed by atoms with van der Waals surface area (Å²) in [5.74, 6) is 0.262. The highest BCUT2D eigenvalue weighted by Crippen LogP contribution is 1.82. The van der Waals surface area contributed by atoms with Gasteiger partial charge in [0, 0.05) is 0 Å². The van der Waals surface area contributed by atoms with E-state index in [0.29, 0.717) is 0 Å². The van der Waals surface area contributed by atoms with E-state index in [1.165, 1.54) is 6.41 Å². The fourth-order valence-corrected chi connectivity index (χ4v) is 0.297. The van der Waals surface area contributed by atoms with Crippen LogP contribution in [-0.2, 0) is 4.79 Å². The molecule has 3 N–H and O–H groups in total. The molecule has 0 aromatic carbocycles. The van der Waals surface area contributed by atoms with Gasteiger partial charge in [0.05, 0.1) is 0 Å². The fourth-order valence-electron chi connectivity index (χ4n) is 0.297. The van der Waals surface area contributed by atoms with Gasteiger partial charge in [0.1, 0.15) is 0 Å². The van der Waals surface area contributed by atoms with Gasteiger partial charge in [-0.1, -0.05) is 5.10 Å². The van der Waals surface area contributed by atoms with Gasteiger partial charge in [0.15, 0.2) is 0 Å². The van der Waals surface area contributed by atoms with Crippen LogP contribution >= 0.6 is 0 Å². The highest BCUT2D eigenvalue weighted by Gasteiger charge is 1.89. The van der Waals surface area contributed by atoms with Crippen molar-refractivity contribution in [1.82, 2.24) is 26.0 Å². The zero-order chi connectivity index (χ0) is 6.53. The van der Waals surface area contributed by atoms with Gasteiger partial charge in [-0.05, 0) is 10.4 Å². The van der Waals surface area contributed by atoms with Crippen molar-refractivity contribution < 1.29 is 4.79 Å². The van der Waals surface area contributed by atoms with Gasteiger partial charge >= 0.3 is 6.41 Å². The molecule has 0 saturated heterocycles. The third-order valence-corrected chi connectivity index (χ3v) is 0.577. The lowest BCUT2D eigenvalue weighted by Crippen LogP contribution is -2.19. The highest BCUT2D eigenvalue weighted by molar-refractivity contribution is 5.49. The van der Waals surface area contributed by atoms with Gasteiger partial charge in [-0.15, -0.1) is 0 Å². The van der Waals surface area contributed by atoms with Crippen molar-refractivity contribution in [2.75, 3.05) is 5.43 Å². The standard InChI is InChI=1S/C2H3N6O/c9-1-3-4-2-5-7-8-6-2/h(H,3,9)(H2,4,5,6,7,8). The molecule has 0 fully saturated rings. The highest BCUT2D eigenvalue weighted by atomic mass is 16.1. The topological polar surface area (TPSA) is 95.6 Å². The molecule has 47 valence electrons. The molecule has 0 saturated carbocycles. The third kappa shape index (κ3) is 1.37. The minimum atomic E-state index is 0.262. The zero-order valence-electron chi connectivity index (χ0n) is 4.25. The lowest BCUT2D eigenvalue weighted by molar-refractivity contribution is 0.547. The van der Waals surface area contributed by atoms with E-state index in [-0.39, 0.29) is 5.95 Å². The number of amides is 1. The maximum atomic E-state index is 9.52. The van der Waals surface area contributed by atoms with E-state index in [0.717, 1.165) is 0 Å². The first-order valence-electron chi connectivity index (χ1n) is 2.05. The van der Waals surface area contributed by atoms with Crippen LogP contribution in [0.25, 0.3) is 0 Å². The van der Waals surface area contributed by atoms with Gasteiger partial charge in [0.25, 0.3) is 5.95 Å². The second-order valence-electron chi connectivity index (χ2n) is 1.10. The summed E-state index contributed by atoms with van der Waals surface area (Å²) in [6.45, 7) is 0. The molecular weight excluding hydrogens is 124 g/mol. The maximum absolute atomic E-state index is 9.52. The monoisotopic (exact) mass is 127 g/mol. The molecule has 0 atom stereocenters. The summed E-state index contributed by atoms with van der Waals surface area (Å²) in [5, 5.41) is 12.2. The fraction of sp³-hybridized carbons (Fsp3) is 0. The summed E-state index contributed by atoms with van der Waals surface area (Å²) < 4.78 is 0. The molecule has 0 aliphatic heterocycles. The minimum absolute atomic E-state index is 0.262. The Morgan fingerprint density at radius 1 is 1.67 bits per heavy atom. The van der Waals surface area contributed by atoms with Crippen LogP contribution in [0.3, 0.4) is 0 Å². The number of nitrogens with zero attached hydrogens (tertiary/aromatic N) is 3. The maximum Gasteiger partial charge on any atom is 0.329 e. The predicted octanol–water partition coefficient (Wildman–Crippen LogP) is -1.82. The largest absolute Gasteiger partial charge is 0.329 e. The summed E-state index contributed by atoms with van der Waals surface area (Å²) in [5.41, 5.74) is 4.33. The number of carbonyl (C=O) groups excluding carboxylic acids is 1. The van der Waals surface area contributed by atoms with Crippen LogP contribution < -0.4 is 10.9 Å². The SMILES string of the molecule is O=[C]NNc1nnn[nH]1. The van der Waals surface area contributed by atoms with Gasteiger partial charge in [0.2, 0.25) is 0 Å². The average Bonchev–Trinajstić information content (AvgIpc) is 2.34. The number of hydrogen-bond donors (Lipinski definition) is 3. The number of rotatable bonds is 3. The molecule has 0 aliphatic carbocycles. The molecule has 0 bridgehead atoms. The quantitative estimate of drug-likeness (QED) is 0.328. The Kier molecular flexibility index (Phi) is 1.58. The lowest BCUT2D eigenvalue weighted by Gasteiger charge is -1.91. The summed E-state index contributed by atoms with van der Waals surface area (Å²) in [4.78, 5) is 9.52. The summed E-state index contributed by atoms with van der Waals surface area (Å²) in [7, 11) is 0. The van der Waals surface area contributed by atoms with E-state index in [2.05, 4.69) is 26.0 Å². The summed E-state index contributed by atoms with van der Waals surface area (Å²) >= 11 is 0. The number of hydrazine groups is 1. The van der Waals surface area contributed by atoms with Crippen LogP contribution in [0.4, 0.5) is 5.95 Å². The third-order valence-electron chi connectivity index (χ3n) is 0.577. The van der Waals surface area contributed by atoms with E-state index in [1.807, 2.05) is 5.43 Å². The van der Waals surface area contributed by atoms with Crippen LogP contribution in [0, 0.1) is 0 Å². The van der Waals surface area contributed by atoms with E-state index in [9.17, 15) is 4.79 Å². The molecule has 1 aromatic heterocycles. The van der Waals surface area contributed by atoms with E-state index in [4.69, 9.17) is 0 Å². The number of aromatic nitrogens is 4. The molecule has 1 rings (SSSR count). The molecule has 0 aliphatic rings. The molecule has 0 spiro atoms. The van der Waals surface area contributed by atoms with Gasteiger partial charge in [-0.25, -0.2) is 5.10 Å². The summed E-state index contributed by atoms with van der Waals surface area (Å²) in [6, 6.07) is 0. The number of H-pyrrole nitrogens is 1. The molecule has 1 amide bonds. The summed E-state index contributed by atoms with van der Waals surface area (Å²) in [6.07, 6.45) is 1.38. The second-order valence-corrected chi connectivity index (χ2v) is 1.10. The Bertz CT molecular complexity index is 169. The molecule has 9 heavy (non-hydrogen) atoms. The normalized spacial score (nSPS) is 8.44. The van der Waals surface area contributed by atoms with Crippen molar-refractivity contribution in [3.05, 3.63) is 0 Å². The van der Waals surface area contributed by atoms with Gasteiger partial charge in [-0.3, -0.25) is 15.6 Å². The number of nitrogens with one attached hydrogen (secondary N) is 3. The van der Waals surface area contributed by atoms with Crippen molar-refractivity contribution in [2.45, 2.75) is 0 Å². The molecule has 1 radical (unpaired) electrons. The minimum Gasteiger partial charge on any atom is -0.264 e. The van der Waals surface area contributed by atoms with E-state index in [1.54, 1.807) is 0 Å². The van der Waals surface area contributed by atoms with Crippen LogP contribution in [0.1, 0.15) is 0 Å². The van der Waals surface area contributed by atoms with Crippen molar-refractivity contribution in [3.63, 3.8) is 0 Å². The smallest absolute Gasteiger partial charge is 0.264 e. The molecule has 7 heteroatoms. The molecular formula is C2H3N6O. The van der Waals surface area contributed by atoms with Gasteiger partial charge in [-0.2, -0.15) is 0 Å². The predicted molar refractivity (Wildman–Crippen MR) is 26.6 cm³/mol. The molecule has 1 aromatic rings. The average molecular weight is 127 g/mol. The first kappa shape index (κ1) is 5.48. The Balaban J connectivity index is 2.38. The Hall–Kier alpha value is -1.66. The van der Waals surface area contributed by atoms with Crippen LogP contribution in [0.15, 0.2) is 0 Å². The van der Waals surface area contributed by atoms with Crippen molar-refractivity contribution in [1.29, 1.82) is 0 Å². The number of anilines is 1. The number of aromatic amines is 1. The Labute approximate surface area is 49.8 Å². The van der Waals surface area contributed by atoms with Gasteiger partial charge < -0.3 is 0 Å². The second kappa shape index (κ2) is 2.60.